The molecule has 62 heavy (non-hydrogen) atoms. The van der Waals surface area contributed by atoms with E-state index < -0.39 is 131 Å². The Kier molecular flexibility index (Phi) is 13.5. The fraction of sp³-hybridized carbons (Fsp3) is 0.630. The lowest BCUT2D eigenvalue weighted by atomic mass is 9.43. The number of carbonyl (C=O) groups excluding carboxylic acids is 4. The molecule has 6 N–H and O–H groups in total. The molecule has 1 amide bonds. The Bertz CT molecular complexity index is 1950. The number of benzene rings is 2. The molecule has 16 heteroatoms. The van der Waals surface area contributed by atoms with E-state index in [9.17, 15) is 49.5 Å². The van der Waals surface area contributed by atoms with Crippen molar-refractivity contribution in [1.29, 1.82) is 0 Å². The van der Waals surface area contributed by atoms with Gasteiger partial charge in [0.1, 0.15) is 29.5 Å². The number of fused-ring (bicyclic) bond motifs is 5. The second-order valence-corrected chi connectivity index (χ2v) is 19.2. The molecule has 2 unspecified atom stereocenters. The van der Waals surface area contributed by atoms with Gasteiger partial charge in [-0.2, -0.15) is 0 Å². The van der Waals surface area contributed by atoms with Gasteiger partial charge in [-0.25, -0.2) is 14.4 Å². The van der Waals surface area contributed by atoms with Gasteiger partial charge in [0.25, 0.3) is 0 Å². The summed E-state index contributed by atoms with van der Waals surface area (Å²) < 4.78 is 29.8. The first-order chi connectivity index (χ1) is 29.0. The Hall–Kier alpha value is -4.61. The lowest BCUT2D eigenvalue weighted by Crippen LogP contribution is -2.78. The molecule has 3 aliphatic carbocycles. The van der Waals surface area contributed by atoms with Crippen LogP contribution in [0.15, 0.2) is 60.7 Å². The molecule has 340 valence electrons. The maximum atomic E-state index is 14.8. The summed E-state index contributed by atoms with van der Waals surface area (Å²) in [6.07, 6.45) is -11.7. The first kappa shape index (κ1) is 46.9. The molecule has 0 radical (unpaired) electrons. The Labute approximate surface area is 361 Å². The third-order valence-electron chi connectivity index (χ3n) is 14.0. The molecule has 4 aliphatic rings. The topological polar surface area (TPSA) is 245 Å². The van der Waals surface area contributed by atoms with E-state index >= 15 is 0 Å². The number of amides is 1. The number of rotatable bonds is 12. The summed E-state index contributed by atoms with van der Waals surface area (Å²) in [6, 6.07) is 14.9. The standard InChI is InChI=1S/C46H61NO15/c1-24-29(59-41(55)37(60-32(51)20-14-19-31(49)50)35(25-15-10-8-11-16-25)47-42(56)62-43(2,3)4)22-46(57)39(61-40(54)26-17-12-9-13-18-26)34-27-23-58-28(27)21-30(48)45(34,7)38(53)36(52)33(24)44(46,5)6/h8-13,15-18,24,27-30,33-39,48,52-53,57H,14,19-23H2,1-7H3,(H,47,56)(H,49,50)/t24?,27-,28-,29+,30+,33?,34+,35+,36-,37-,38-,39+,45-,46-/m1/s1. The zero-order valence-corrected chi connectivity index (χ0v) is 36.3. The number of carboxylic acid groups (broad SMARTS) is 1. The van der Waals surface area contributed by atoms with Crippen molar-refractivity contribution in [2.24, 2.45) is 34.5 Å². The molecule has 0 spiro atoms. The van der Waals surface area contributed by atoms with Crippen LogP contribution in [0.4, 0.5) is 4.79 Å². The Morgan fingerprint density at radius 1 is 0.903 bits per heavy atom. The van der Waals surface area contributed by atoms with Crippen molar-refractivity contribution in [1.82, 2.24) is 5.32 Å². The van der Waals surface area contributed by atoms with Crippen molar-refractivity contribution < 1.29 is 73.2 Å². The van der Waals surface area contributed by atoms with Crippen LogP contribution in [-0.2, 0) is 38.1 Å². The van der Waals surface area contributed by atoms with Gasteiger partial charge in [-0.15, -0.1) is 0 Å². The zero-order chi connectivity index (χ0) is 45.5. The number of aliphatic hydroxyl groups excluding tert-OH is 3. The second-order valence-electron chi connectivity index (χ2n) is 19.2. The largest absolute Gasteiger partial charge is 0.481 e. The van der Waals surface area contributed by atoms with Crippen LogP contribution in [-0.4, -0.2) is 116 Å². The van der Waals surface area contributed by atoms with E-state index in [-0.39, 0.29) is 37.9 Å². The van der Waals surface area contributed by atoms with E-state index in [0.717, 1.165) is 0 Å². The van der Waals surface area contributed by atoms with Crippen molar-refractivity contribution in [2.45, 2.75) is 141 Å². The number of hydrogen-bond acceptors (Lipinski definition) is 14. The van der Waals surface area contributed by atoms with Gasteiger partial charge in [-0.05, 0) is 50.8 Å². The average molecular weight is 868 g/mol. The number of hydrogen-bond donors (Lipinski definition) is 6. The van der Waals surface area contributed by atoms with E-state index in [0.29, 0.717) is 5.56 Å². The summed E-state index contributed by atoms with van der Waals surface area (Å²) in [6.45, 7) is 11.8. The highest BCUT2D eigenvalue weighted by molar-refractivity contribution is 5.89. The van der Waals surface area contributed by atoms with Gasteiger partial charge in [0.15, 0.2) is 0 Å². The molecule has 16 nitrogen and oxygen atoms in total. The highest BCUT2D eigenvalue weighted by atomic mass is 16.6. The van der Waals surface area contributed by atoms with Gasteiger partial charge in [-0.1, -0.05) is 76.2 Å². The summed E-state index contributed by atoms with van der Waals surface area (Å²) >= 11 is 0. The van der Waals surface area contributed by atoms with Crippen LogP contribution in [0, 0.1) is 34.5 Å². The Balaban J connectivity index is 1.43. The molecular weight excluding hydrogens is 806 g/mol. The van der Waals surface area contributed by atoms with Crippen LogP contribution in [0.5, 0.6) is 0 Å². The number of carbonyl (C=O) groups is 5. The third-order valence-corrected chi connectivity index (χ3v) is 14.0. The van der Waals surface area contributed by atoms with Crippen LogP contribution >= 0.6 is 0 Å². The molecule has 0 aromatic heterocycles. The molecule has 2 bridgehead atoms. The quantitative estimate of drug-likeness (QED) is 0.130. The second kappa shape index (κ2) is 17.9. The van der Waals surface area contributed by atoms with Crippen molar-refractivity contribution in [3.05, 3.63) is 71.8 Å². The van der Waals surface area contributed by atoms with Crippen molar-refractivity contribution >= 4 is 30.0 Å². The summed E-state index contributed by atoms with van der Waals surface area (Å²) in [7, 11) is 0. The van der Waals surface area contributed by atoms with Crippen LogP contribution in [0.1, 0.15) is 103 Å². The van der Waals surface area contributed by atoms with Gasteiger partial charge >= 0.3 is 30.0 Å². The van der Waals surface area contributed by atoms with E-state index in [1.807, 2.05) is 0 Å². The van der Waals surface area contributed by atoms with Gasteiger partial charge in [0.05, 0.1) is 36.6 Å². The van der Waals surface area contributed by atoms with Crippen molar-refractivity contribution in [3.8, 4) is 0 Å². The molecule has 4 fully saturated rings. The highest BCUT2D eigenvalue weighted by Crippen LogP contribution is 2.64. The molecule has 1 aliphatic heterocycles. The summed E-state index contributed by atoms with van der Waals surface area (Å²) in [4.78, 5) is 66.9. The van der Waals surface area contributed by atoms with E-state index in [2.05, 4.69) is 5.32 Å². The van der Waals surface area contributed by atoms with Gasteiger partial charge in [0, 0.05) is 54.3 Å². The van der Waals surface area contributed by atoms with Crippen molar-refractivity contribution in [2.75, 3.05) is 6.61 Å². The minimum atomic E-state index is -2.12. The van der Waals surface area contributed by atoms with Crippen LogP contribution in [0.25, 0.3) is 0 Å². The number of ether oxygens (including phenoxy) is 5. The predicted molar refractivity (Wildman–Crippen MR) is 219 cm³/mol. The summed E-state index contributed by atoms with van der Waals surface area (Å²) in [5.74, 6) is -7.36. The van der Waals surface area contributed by atoms with E-state index in [4.69, 9.17) is 23.7 Å². The molecule has 2 aromatic rings. The molecular formula is C46H61NO15. The lowest BCUT2D eigenvalue weighted by Gasteiger charge is -2.68. The van der Waals surface area contributed by atoms with Gasteiger partial charge < -0.3 is 54.5 Å². The number of alkyl carbamates (subject to hydrolysis) is 1. The molecule has 3 saturated carbocycles. The maximum absolute atomic E-state index is 14.8. The highest BCUT2D eigenvalue weighted by Gasteiger charge is 2.74. The molecule has 1 saturated heterocycles. The average Bonchev–Trinajstić information content (AvgIpc) is 3.19. The predicted octanol–water partition coefficient (Wildman–Crippen LogP) is 4.11. The molecule has 2 aromatic carbocycles. The summed E-state index contributed by atoms with van der Waals surface area (Å²) in [5, 5.41) is 61.9. The number of carboxylic acids is 1. The minimum Gasteiger partial charge on any atom is -0.481 e. The lowest BCUT2D eigenvalue weighted by molar-refractivity contribution is -0.336. The fourth-order valence-electron chi connectivity index (χ4n) is 10.6. The maximum Gasteiger partial charge on any atom is 0.408 e. The first-order valence-electron chi connectivity index (χ1n) is 21.3. The fourth-order valence-corrected chi connectivity index (χ4v) is 10.6. The van der Waals surface area contributed by atoms with E-state index in [1.54, 1.807) is 109 Å². The first-order valence-corrected chi connectivity index (χ1v) is 21.3. The van der Waals surface area contributed by atoms with E-state index in [1.165, 1.54) is 0 Å². The number of esters is 3. The smallest absolute Gasteiger partial charge is 0.408 e. The SMILES string of the molecule is CC1C2[C@@H](O)[C@@H](O)[C@@]3(C)[C@@H]([C@@H]4CO[C@@H]4C[C@@H]3O)[C@H](OC(=O)c3ccccc3)[C@](O)(C[C@@H]1OC(=O)[C@H](OC(=O)CCCC(=O)O)[C@@H](NC(=O)OC(C)(C)C)c1ccccc1)C2(C)C. The van der Waals surface area contributed by atoms with Crippen LogP contribution in [0.3, 0.4) is 0 Å². The Morgan fingerprint density at radius 3 is 2.11 bits per heavy atom. The minimum absolute atomic E-state index is 0.111. The number of aliphatic carboxylic acids is 1. The molecule has 6 rings (SSSR count). The van der Waals surface area contributed by atoms with Crippen molar-refractivity contribution in [3.63, 3.8) is 0 Å². The molecule has 1 heterocycles. The van der Waals surface area contributed by atoms with Crippen LogP contribution in [0.2, 0.25) is 0 Å². The zero-order valence-electron chi connectivity index (χ0n) is 36.3. The number of aliphatic hydroxyl groups is 4. The number of nitrogens with one attached hydrogen (secondary N) is 1. The Morgan fingerprint density at radius 2 is 1.53 bits per heavy atom. The van der Waals surface area contributed by atoms with Gasteiger partial charge in [-0.3, -0.25) is 9.59 Å². The van der Waals surface area contributed by atoms with Crippen LogP contribution < -0.4 is 5.32 Å². The van der Waals surface area contributed by atoms with Gasteiger partial charge in [0.2, 0.25) is 6.10 Å². The monoisotopic (exact) mass is 867 g/mol. The normalized spacial score (nSPS) is 34.5. The summed E-state index contributed by atoms with van der Waals surface area (Å²) in [5.41, 5.74) is -5.49. The molecule has 14 atom stereocenters. The third kappa shape index (κ3) is 8.94.